The largest absolute Gasteiger partial charge is 0.490 e. The van der Waals surface area contributed by atoms with Crippen LogP contribution < -0.4 is 10.1 Å². The third kappa shape index (κ3) is 13.4. The number of nitrogens with one attached hydrogen (secondary N) is 1. The van der Waals surface area contributed by atoms with Crippen LogP contribution >= 0.6 is 11.3 Å². The van der Waals surface area contributed by atoms with Gasteiger partial charge in [0.2, 0.25) is 0 Å². The maximum atomic E-state index is 14.0. The van der Waals surface area contributed by atoms with Crippen LogP contribution in [0, 0.1) is 0 Å². The number of nitrogens with zero attached hydrogens (tertiary/aromatic N) is 5. The molecule has 18 nitrogen and oxygen atoms in total. The molecule has 1 N–H and O–H groups in total. The molecule has 3 heterocycles. The van der Waals surface area contributed by atoms with E-state index in [9.17, 15) is 22.8 Å². The number of hydrogen-bond donors (Lipinski definition) is 1. The first-order valence-electron chi connectivity index (χ1n) is 21.6. The molecule has 0 saturated carbocycles. The van der Waals surface area contributed by atoms with E-state index < -0.39 is 26.3 Å². The Morgan fingerprint density at radius 1 is 0.712 bits per heavy atom. The highest BCUT2D eigenvalue weighted by Gasteiger charge is 2.36. The quantitative estimate of drug-likeness (QED) is 0.0486. The van der Waals surface area contributed by atoms with Crippen LogP contribution in [-0.4, -0.2) is 154 Å². The van der Waals surface area contributed by atoms with E-state index >= 15 is 0 Å². The van der Waals surface area contributed by atoms with Gasteiger partial charge in [0, 0.05) is 23.7 Å². The minimum absolute atomic E-state index is 0.0276. The van der Waals surface area contributed by atoms with E-state index in [0.29, 0.717) is 74.1 Å². The summed E-state index contributed by atoms with van der Waals surface area (Å²) in [6.07, 6.45) is 0.823. The molecule has 2 aromatic heterocycles. The minimum atomic E-state index is -3.94. The van der Waals surface area contributed by atoms with E-state index in [2.05, 4.69) is 20.3 Å². The molecular formula is C46H58N6O12S2. The third-order valence-electron chi connectivity index (χ3n) is 9.99. The fraction of sp³-hybridized carbons (Fsp3) is 0.478. The zero-order chi connectivity index (χ0) is 47.3. The summed E-state index contributed by atoms with van der Waals surface area (Å²) in [7, 11) is -3.94. The van der Waals surface area contributed by atoms with Gasteiger partial charge in [0.15, 0.2) is 9.84 Å². The molecule has 0 fully saturated rings. The summed E-state index contributed by atoms with van der Waals surface area (Å²) in [5.41, 5.74) is 3.87. The Bertz CT molecular complexity index is 2520. The van der Waals surface area contributed by atoms with Crippen molar-refractivity contribution in [2.24, 2.45) is 0 Å². The van der Waals surface area contributed by atoms with Crippen LogP contribution in [0.4, 0.5) is 16.3 Å². The number of sulfone groups is 1. The molecule has 0 aliphatic carbocycles. The Morgan fingerprint density at radius 3 is 1.91 bits per heavy atom. The van der Waals surface area contributed by atoms with Gasteiger partial charge in [-0.2, -0.15) is 0 Å². The smallest absolute Gasteiger partial charge is 0.410 e. The van der Waals surface area contributed by atoms with Crippen molar-refractivity contribution in [3.8, 4) is 5.75 Å². The van der Waals surface area contributed by atoms with Crippen molar-refractivity contribution in [2.45, 2.75) is 56.8 Å². The second kappa shape index (κ2) is 22.9. The van der Waals surface area contributed by atoms with Gasteiger partial charge in [0.1, 0.15) is 35.0 Å². The van der Waals surface area contributed by atoms with Gasteiger partial charge in [-0.15, -0.1) is 11.3 Å². The minimum Gasteiger partial charge on any atom is -0.490 e. The van der Waals surface area contributed by atoms with Crippen molar-refractivity contribution < 1.29 is 56.0 Å². The summed E-state index contributed by atoms with van der Waals surface area (Å²) in [6, 6.07) is 15.6. The molecule has 0 saturated heterocycles. The number of anilines is 2. The molecule has 0 radical (unpaired) electrons. The molecule has 3 amide bonds. The highest BCUT2D eigenvalue weighted by atomic mass is 32.2. The van der Waals surface area contributed by atoms with Crippen LogP contribution in [0.5, 0.6) is 5.75 Å². The molecule has 1 aliphatic rings. The predicted molar refractivity (Wildman–Crippen MR) is 249 cm³/mol. The lowest BCUT2D eigenvalue weighted by atomic mass is 10.1. The monoisotopic (exact) mass is 950 g/mol. The lowest BCUT2D eigenvalue weighted by Crippen LogP contribution is -2.41. The molecule has 0 bridgehead atoms. The molecule has 1 aliphatic heterocycles. The van der Waals surface area contributed by atoms with Gasteiger partial charge in [0.05, 0.1) is 116 Å². The lowest BCUT2D eigenvalue weighted by molar-refractivity contribution is -0.0146. The highest BCUT2D eigenvalue weighted by molar-refractivity contribution is 7.92. The lowest BCUT2D eigenvalue weighted by Gasteiger charge is -2.28. The highest BCUT2D eigenvalue weighted by Crippen LogP contribution is 2.37. The van der Waals surface area contributed by atoms with Crippen LogP contribution in [0.1, 0.15) is 62.3 Å². The summed E-state index contributed by atoms with van der Waals surface area (Å²) < 4.78 is 67.7. The Hall–Kier alpha value is -5.35. The van der Waals surface area contributed by atoms with E-state index in [1.54, 1.807) is 77.4 Å². The number of fused-ring (bicyclic) bond motifs is 3. The van der Waals surface area contributed by atoms with Crippen molar-refractivity contribution in [1.82, 2.24) is 24.8 Å². The van der Waals surface area contributed by atoms with Crippen LogP contribution in [0.3, 0.4) is 0 Å². The summed E-state index contributed by atoms with van der Waals surface area (Å²) >= 11 is 1.54. The Kier molecular flexibility index (Phi) is 17.4. The van der Waals surface area contributed by atoms with E-state index in [0.717, 1.165) is 15.9 Å². The summed E-state index contributed by atoms with van der Waals surface area (Å²) in [6.45, 7) is 13.6. The number of carbonyl (C=O) groups excluding carboxylic acids is 3. The molecule has 0 unspecified atom stereocenters. The predicted octanol–water partition coefficient (Wildman–Crippen LogP) is 6.55. The standard InChI is InChI=1S/C46H58N6O12S2/c1-45(2,3)64-44(55)51(13-16-58-19-21-60-23-25-62-26-24-61-22-20-59-17-15-52-42(53)33-9-7-8-10-34(33)43(52)54)14-18-63-38-29-36-35(28-40(38)66(56,57)46(4,5)6)41(48-30-47-36)50-32-11-12-39-37(27-32)49-31-65-39/h7-12,27-31H,13-26H2,1-6H3,(H,47,48,50). The number of aromatic nitrogens is 3. The second-order valence-electron chi connectivity index (χ2n) is 17.0. The van der Waals surface area contributed by atoms with Crippen molar-refractivity contribution in [1.29, 1.82) is 0 Å². The molecule has 5 aromatic rings. The fourth-order valence-corrected chi connectivity index (χ4v) is 8.50. The Morgan fingerprint density at radius 2 is 1.30 bits per heavy atom. The number of amides is 3. The van der Waals surface area contributed by atoms with Gasteiger partial charge in [-0.25, -0.2) is 28.2 Å². The zero-order valence-corrected chi connectivity index (χ0v) is 39.8. The average molecular weight is 951 g/mol. The molecular weight excluding hydrogens is 893 g/mol. The number of rotatable bonds is 25. The van der Waals surface area contributed by atoms with Crippen LogP contribution in [-0.2, 0) is 38.3 Å². The number of imide groups is 1. The average Bonchev–Trinajstić information content (AvgIpc) is 3.83. The van der Waals surface area contributed by atoms with Gasteiger partial charge >= 0.3 is 6.09 Å². The molecule has 356 valence electrons. The van der Waals surface area contributed by atoms with E-state index in [1.165, 1.54) is 33.5 Å². The Labute approximate surface area is 388 Å². The number of carbonyl (C=O) groups is 3. The van der Waals surface area contributed by atoms with E-state index in [4.69, 9.17) is 33.2 Å². The SMILES string of the molecule is CC(C)(C)OC(=O)N(CCOCCOCCOCCOCCOCCN1C(=O)c2ccccc2C1=O)CCOc1cc2ncnc(Nc3ccc4scnc4c3)c2cc1S(=O)(=O)C(C)(C)C. The van der Waals surface area contributed by atoms with E-state index in [1.807, 2.05) is 18.2 Å². The molecule has 6 rings (SSSR count). The first-order valence-corrected chi connectivity index (χ1v) is 24.0. The Balaban J connectivity index is 0.902. The number of ether oxygens (including phenoxy) is 7. The summed E-state index contributed by atoms with van der Waals surface area (Å²) in [5.74, 6) is -0.0937. The van der Waals surface area contributed by atoms with Gasteiger partial charge in [-0.05, 0) is 77.9 Å². The van der Waals surface area contributed by atoms with Crippen molar-refractivity contribution >= 4 is 71.7 Å². The first kappa shape index (κ1) is 50.1. The topological polar surface area (TPSA) is 207 Å². The molecule has 0 atom stereocenters. The van der Waals surface area contributed by atoms with Gasteiger partial charge < -0.3 is 43.4 Å². The maximum Gasteiger partial charge on any atom is 0.410 e. The van der Waals surface area contributed by atoms with Gasteiger partial charge in [-0.1, -0.05) is 12.1 Å². The van der Waals surface area contributed by atoms with Crippen molar-refractivity contribution in [3.63, 3.8) is 0 Å². The first-order chi connectivity index (χ1) is 31.5. The number of thiazole rings is 1. The summed E-state index contributed by atoms with van der Waals surface area (Å²) in [5, 5.41) is 3.78. The number of benzene rings is 3. The second-order valence-corrected chi connectivity index (χ2v) is 20.6. The number of hydrogen-bond acceptors (Lipinski definition) is 17. The third-order valence-corrected chi connectivity index (χ3v) is 13.3. The molecule has 0 spiro atoms. The summed E-state index contributed by atoms with van der Waals surface area (Å²) in [4.78, 5) is 54.0. The van der Waals surface area contributed by atoms with E-state index in [-0.39, 0.29) is 68.5 Å². The normalized spacial score (nSPS) is 13.2. The zero-order valence-electron chi connectivity index (χ0n) is 38.2. The van der Waals surface area contributed by atoms with Gasteiger partial charge in [-0.3, -0.25) is 14.5 Å². The molecule has 3 aromatic carbocycles. The maximum absolute atomic E-state index is 14.0. The van der Waals surface area contributed by atoms with Crippen LogP contribution in [0.25, 0.3) is 21.1 Å². The molecule has 20 heteroatoms. The van der Waals surface area contributed by atoms with Gasteiger partial charge in [0.25, 0.3) is 11.8 Å². The van der Waals surface area contributed by atoms with Crippen LogP contribution in [0.15, 0.2) is 71.3 Å². The van der Waals surface area contributed by atoms with Crippen LogP contribution in [0.2, 0.25) is 0 Å². The fourth-order valence-electron chi connectivity index (χ4n) is 6.53. The van der Waals surface area contributed by atoms with Crippen molar-refractivity contribution in [2.75, 3.05) is 97.6 Å². The molecule has 66 heavy (non-hydrogen) atoms. The van der Waals surface area contributed by atoms with Crippen molar-refractivity contribution in [3.05, 3.63) is 77.6 Å².